The quantitative estimate of drug-likeness (QED) is 0.0169. The first-order valence-corrected chi connectivity index (χ1v) is 38.8. The smallest absolute Gasteiger partial charge is 0.462 e. The monoisotopic (exact) mass is 1340 g/mol. The van der Waals surface area contributed by atoms with Gasteiger partial charge in [-0.1, -0.05) is 267 Å². The maximum Gasteiger partial charge on any atom is 0.472 e. The molecule has 0 aliphatic carbocycles. The van der Waals surface area contributed by atoms with Crippen molar-refractivity contribution < 1.29 is 80.2 Å². The maximum atomic E-state index is 13.0. The van der Waals surface area contributed by atoms with Gasteiger partial charge in [-0.05, 0) is 89.9 Å². The lowest BCUT2D eigenvalue weighted by Gasteiger charge is -2.21. The van der Waals surface area contributed by atoms with E-state index in [1.165, 1.54) is 89.9 Å². The number of phosphoric acid groups is 2. The molecule has 0 spiro atoms. The van der Waals surface area contributed by atoms with E-state index in [1.807, 2.05) is 18.2 Å². The summed E-state index contributed by atoms with van der Waals surface area (Å²) < 4.78 is 68.1. The number of ether oxygens (including phenoxy) is 4. The van der Waals surface area contributed by atoms with E-state index in [0.29, 0.717) is 25.7 Å². The van der Waals surface area contributed by atoms with Gasteiger partial charge in [0.1, 0.15) is 19.3 Å². The number of aliphatic hydroxyl groups excluding tert-OH is 1. The number of rotatable bonds is 67. The largest absolute Gasteiger partial charge is 0.472 e. The molecule has 0 radical (unpaired) electrons. The van der Waals surface area contributed by atoms with Gasteiger partial charge in [-0.3, -0.25) is 37.3 Å². The molecule has 0 heterocycles. The van der Waals surface area contributed by atoms with Gasteiger partial charge in [-0.25, -0.2) is 9.13 Å². The lowest BCUT2D eigenvalue weighted by molar-refractivity contribution is -0.161. The molecule has 0 fully saturated rings. The van der Waals surface area contributed by atoms with Crippen molar-refractivity contribution in [3.8, 4) is 0 Å². The number of unbranched alkanes of at least 4 members (excludes halogenated alkanes) is 28. The normalized spacial score (nSPS) is 14.6. The average molecular weight is 1340 g/mol. The maximum absolute atomic E-state index is 13.0. The topological polar surface area (TPSA) is 237 Å². The summed E-state index contributed by atoms with van der Waals surface area (Å²) in [6.45, 7) is 4.55. The van der Waals surface area contributed by atoms with Crippen LogP contribution in [0.5, 0.6) is 0 Å². The van der Waals surface area contributed by atoms with E-state index in [1.54, 1.807) is 6.08 Å². The van der Waals surface area contributed by atoms with Crippen molar-refractivity contribution in [1.29, 1.82) is 0 Å². The summed E-state index contributed by atoms with van der Waals surface area (Å²) in [6, 6.07) is 0. The Morgan fingerprint density at radius 2 is 0.620 bits per heavy atom. The third-order valence-electron chi connectivity index (χ3n) is 14.9. The van der Waals surface area contributed by atoms with Crippen molar-refractivity contribution in [3.05, 3.63) is 85.1 Å². The zero-order chi connectivity index (χ0) is 67.5. The number of phosphoric ester groups is 2. The van der Waals surface area contributed by atoms with Crippen molar-refractivity contribution in [2.45, 2.75) is 316 Å². The Hall–Kier alpha value is -3.76. The molecular formula is C73H128O17P2. The molecule has 92 heavy (non-hydrogen) atoms. The summed E-state index contributed by atoms with van der Waals surface area (Å²) in [4.78, 5) is 72.5. The number of hydrogen-bond acceptors (Lipinski definition) is 15. The Kier molecular flexibility index (Phi) is 63.2. The molecule has 5 atom stereocenters. The van der Waals surface area contributed by atoms with E-state index in [-0.39, 0.29) is 25.7 Å². The van der Waals surface area contributed by atoms with Crippen molar-refractivity contribution in [3.63, 3.8) is 0 Å². The van der Waals surface area contributed by atoms with Gasteiger partial charge in [0, 0.05) is 19.3 Å². The molecule has 0 aliphatic rings. The fourth-order valence-corrected chi connectivity index (χ4v) is 11.0. The van der Waals surface area contributed by atoms with Crippen LogP contribution in [0.25, 0.3) is 0 Å². The van der Waals surface area contributed by atoms with E-state index in [0.717, 1.165) is 128 Å². The molecule has 19 heteroatoms. The van der Waals surface area contributed by atoms with Gasteiger partial charge in [0.05, 0.1) is 32.8 Å². The molecule has 0 aromatic carbocycles. The van der Waals surface area contributed by atoms with Crippen LogP contribution in [0, 0.1) is 0 Å². The third kappa shape index (κ3) is 64.9. The highest BCUT2D eigenvalue weighted by Crippen LogP contribution is 2.45. The summed E-state index contributed by atoms with van der Waals surface area (Å²) in [7, 11) is -9.95. The van der Waals surface area contributed by atoms with Crippen molar-refractivity contribution in [1.82, 2.24) is 0 Å². The fraction of sp³-hybridized carbons (Fsp3) is 0.753. The van der Waals surface area contributed by atoms with Crippen molar-refractivity contribution >= 4 is 39.5 Å². The minimum absolute atomic E-state index is 0.0680. The molecule has 5 unspecified atom stereocenters. The number of hydrogen-bond donors (Lipinski definition) is 3. The zero-order valence-corrected chi connectivity index (χ0v) is 59.5. The van der Waals surface area contributed by atoms with Crippen LogP contribution in [0.4, 0.5) is 0 Å². The van der Waals surface area contributed by atoms with E-state index in [4.69, 9.17) is 37.0 Å². The Labute approximate surface area is 557 Å². The van der Waals surface area contributed by atoms with Crippen molar-refractivity contribution in [2.75, 3.05) is 39.6 Å². The first-order chi connectivity index (χ1) is 44.7. The Morgan fingerprint density at radius 1 is 0.326 bits per heavy atom. The van der Waals surface area contributed by atoms with Gasteiger partial charge in [-0.15, -0.1) is 0 Å². The molecule has 0 amide bonds. The van der Waals surface area contributed by atoms with E-state index >= 15 is 0 Å². The molecule has 0 bridgehead atoms. The van der Waals surface area contributed by atoms with Crippen LogP contribution >= 0.6 is 15.6 Å². The SMILES string of the molecule is CC/C=C\C/C=C\C/C=C\C/C=C\C/C=C\CC(=O)OCC(COP(=O)(O)OCC(O)COP(=O)(O)OCC(COC(=O)CCCCCCC/C=C\CCCC)OC(=O)CCCCCCC/C=C\CCCC)OC(=O)CCCCCCCCCCCCCCCCC. The minimum Gasteiger partial charge on any atom is -0.462 e. The summed E-state index contributed by atoms with van der Waals surface area (Å²) in [6.07, 6.45) is 64.9. The Bertz CT molecular complexity index is 2090. The van der Waals surface area contributed by atoms with Gasteiger partial charge in [0.15, 0.2) is 12.2 Å². The molecule has 3 N–H and O–H groups in total. The second-order valence-corrected chi connectivity index (χ2v) is 26.7. The highest BCUT2D eigenvalue weighted by molar-refractivity contribution is 7.47. The second kappa shape index (κ2) is 65.9. The van der Waals surface area contributed by atoms with E-state index in [2.05, 4.69) is 88.5 Å². The van der Waals surface area contributed by atoms with Crippen LogP contribution in [-0.2, 0) is 65.4 Å². The summed E-state index contributed by atoms with van der Waals surface area (Å²) in [5, 5.41) is 10.6. The second-order valence-electron chi connectivity index (χ2n) is 23.8. The predicted octanol–water partition coefficient (Wildman–Crippen LogP) is 19.9. The molecular weight excluding hydrogens is 1210 g/mol. The van der Waals surface area contributed by atoms with E-state index in [9.17, 15) is 43.2 Å². The van der Waals surface area contributed by atoms with Crippen LogP contribution in [0.3, 0.4) is 0 Å². The number of esters is 4. The standard InChI is InChI=1S/C73H128O17P2/c1-5-9-13-17-21-25-29-31-33-35-39-42-46-50-54-58-71(76)84-64-69(90-73(78)60-56-52-48-44-40-36-34-32-30-26-22-18-14-10-6-2)66-88-92(81,82)86-62-67(74)61-85-91(79,80)87-65-68(89-72(77)59-55-51-47-43-38-28-24-20-16-12-8-4)63-83-70(75)57-53-49-45-41-37-27-23-19-15-11-7-3/h9,13,19-21,23-25,31,33,39,42,50,54,67-69,74H,5-8,10-12,14-18,22,26-30,32,34-38,40-41,43-49,51-53,55-66H2,1-4H3,(H,79,80)(H,81,82)/b13-9-,23-19-,24-20-,25-21-,33-31-,42-39-,54-50-. The van der Waals surface area contributed by atoms with Crippen LogP contribution in [0.2, 0.25) is 0 Å². The number of aliphatic hydroxyl groups is 1. The lowest BCUT2D eigenvalue weighted by atomic mass is 10.0. The van der Waals surface area contributed by atoms with Gasteiger partial charge in [0.2, 0.25) is 0 Å². The van der Waals surface area contributed by atoms with E-state index < -0.39 is 97.5 Å². The molecule has 0 aromatic rings. The number of carbonyl (C=O) groups is 4. The first-order valence-electron chi connectivity index (χ1n) is 35.8. The highest BCUT2D eigenvalue weighted by atomic mass is 31.2. The summed E-state index contributed by atoms with van der Waals surface area (Å²) in [5.74, 6) is -2.33. The number of carbonyl (C=O) groups excluding carboxylic acids is 4. The summed E-state index contributed by atoms with van der Waals surface area (Å²) >= 11 is 0. The molecule has 0 aromatic heterocycles. The zero-order valence-electron chi connectivity index (χ0n) is 57.7. The first kappa shape index (κ1) is 88.2. The molecule has 0 saturated heterocycles. The Balaban J connectivity index is 5.38. The van der Waals surface area contributed by atoms with Gasteiger partial charge >= 0.3 is 39.5 Å². The average Bonchev–Trinajstić information content (AvgIpc) is 2.93. The van der Waals surface area contributed by atoms with Crippen LogP contribution < -0.4 is 0 Å². The minimum atomic E-state index is -4.98. The number of allylic oxidation sites excluding steroid dienone is 13. The van der Waals surface area contributed by atoms with Gasteiger partial charge in [0.25, 0.3) is 0 Å². The summed E-state index contributed by atoms with van der Waals surface area (Å²) in [5.41, 5.74) is 0. The molecule has 532 valence electrons. The van der Waals surface area contributed by atoms with Crippen LogP contribution in [0.15, 0.2) is 85.1 Å². The molecule has 17 nitrogen and oxygen atoms in total. The van der Waals surface area contributed by atoms with Gasteiger partial charge < -0.3 is 33.8 Å². The lowest BCUT2D eigenvalue weighted by Crippen LogP contribution is -2.30. The molecule has 0 aliphatic heterocycles. The third-order valence-corrected chi connectivity index (χ3v) is 16.8. The van der Waals surface area contributed by atoms with Crippen LogP contribution in [-0.4, -0.2) is 96.7 Å². The van der Waals surface area contributed by atoms with Crippen LogP contribution in [0.1, 0.15) is 297 Å². The van der Waals surface area contributed by atoms with Gasteiger partial charge in [-0.2, -0.15) is 0 Å². The highest BCUT2D eigenvalue weighted by Gasteiger charge is 2.30. The predicted molar refractivity (Wildman–Crippen MR) is 372 cm³/mol. The van der Waals surface area contributed by atoms with Crippen molar-refractivity contribution in [2.24, 2.45) is 0 Å². The Morgan fingerprint density at radius 3 is 0.989 bits per heavy atom. The molecule has 0 rings (SSSR count). The fourth-order valence-electron chi connectivity index (χ4n) is 9.37. The molecule has 0 saturated carbocycles.